The molecule has 1 rings (SSSR count). The molecule has 0 saturated carbocycles. The summed E-state index contributed by atoms with van der Waals surface area (Å²) in [5.74, 6) is -2.49. The van der Waals surface area contributed by atoms with Crippen LogP contribution in [0.25, 0.3) is 0 Å². The number of carbonyl (C=O) groups excluding carboxylic acids is 1. The van der Waals surface area contributed by atoms with Crippen molar-refractivity contribution in [3.05, 3.63) is 23.8 Å². The maximum Gasteiger partial charge on any atom is 1.00 e. The van der Waals surface area contributed by atoms with Crippen molar-refractivity contribution in [2.75, 3.05) is 7.11 Å². The molecule has 0 aliphatic rings. The summed E-state index contributed by atoms with van der Waals surface area (Å²) >= 11 is 0. The number of esters is 1. The molecule has 0 amide bonds. The van der Waals surface area contributed by atoms with Crippen molar-refractivity contribution in [3.63, 3.8) is 0 Å². The number of halogens is 6. The van der Waals surface area contributed by atoms with Crippen molar-refractivity contribution in [1.82, 2.24) is 0 Å². The maximum atomic E-state index is 12.4. The van der Waals surface area contributed by atoms with E-state index in [0.29, 0.717) is 12.1 Å². The van der Waals surface area contributed by atoms with Crippen LogP contribution in [0.1, 0.15) is 10.4 Å². The second kappa shape index (κ2) is 7.16. The van der Waals surface area contributed by atoms with Crippen LogP contribution >= 0.6 is 0 Å². The SMILES string of the molecule is COC(=O)c1ccc([B-](F)(F)F)cc1OC(F)(F)F.[K+]. The first-order chi connectivity index (χ1) is 8.54. The Labute approximate surface area is 152 Å². The van der Waals surface area contributed by atoms with Crippen molar-refractivity contribution in [2.45, 2.75) is 6.36 Å². The van der Waals surface area contributed by atoms with Crippen LogP contribution in [-0.2, 0) is 4.74 Å². The van der Waals surface area contributed by atoms with Gasteiger partial charge in [0.15, 0.2) is 0 Å². The minimum Gasteiger partial charge on any atom is -0.465 e. The van der Waals surface area contributed by atoms with Gasteiger partial charge in [0.25, 0.3) is 0 Å². The van der Waals surface area contributed by atoms with E-state index in [1.807, 2.05) is 0 Å². The Morgan fingerprint density at radius 3 is 2.15 bits per heavy atom. The van der Waals surface area contributed by atoms with Gasteiger partial charge in [-0.3, -0.25) is 0 Å². The molecule has 0 heterocycles. The van der Waals surface area contributed by atoms with Gasteiger partial charge < -0.3 is 22.4 Å². The van der Waals surface area contributed by atoms with Crippen LogP contribution in [0.2, 0.25) is 0 Å². The fourth-order valence-corrected chi connectivity index (χ4v) is 1.23. The molecule has 11 heteroatoms. The molecule has 0 saturated heterocycles. The van der Waals surface area contributed by atoms with Crippen LogP contribution in [-0.4, -0.2) is 26.4 Å². The molecule has 0 unspecified atom stereocenters. The summed E-state index contributed by atoms with van der Waals surface area (Å²) in [7, 11) is 0.876. The summed E-state index contributed by atoms with van der Waals surface area (Å²) in [6, 6.07) is 1.16. The van der Waals surface area contributed by atoms with E-state index in [-0.39, 0.29) is 57.5 Å². The van der Waals surface area contributed by atoms with Gasteiger partial charge in [0.05, 0.1) is 7.11 Å². The molecular formula is C9H6BF6KO3. The number of rotatable bonds is 3. The average molecular weight is 326 g/mol. The molecule has 0 aliphatic carbocycles. The number of benzene rings is 1. The Kier molecular flexibility index (Phi) is 7.08. The van der Waals surface area contributed by atoms with Gasteiger partial charge >= 0.3 is 70.7 Å². The fraction of sp³-hybridized carbons (Fsp3) is 0.222. The largest absolute Gasteiger partial charge is 1.00 e. The Morgan fingerprint density at radius 1 is 1.20 bits per heavy atom. The van der Waals surface area contributed by atoms with E-state index in [2.05, 4.69) is 9.47 Å². The van der Waals surface area contributed by atoms with Crippen molar-refractivity contribution in [1.29, 1.82) is 0 Å². The summed E-state index contributed by atoms with van der Waals surface area (Å²) in [5.41, 5.74) is -2.06. The van der Waals surface area contributed by atoms with Crippen LogP contribution in [0.4, 0.5) is 26.1 Å². The molecule has 0 spiro atoms. The quantitative estimate of drug-likeness (QED) is 0.424. The molecular weight excluding hydrogens is 320 g/mol. The van der Waals surface area contributed by atoms with E-state index in [4.69, 9.17) is 0 Å². The third kappa shape index (κ3) is 5.64. The van der Waals surface area contributed by atoms with Crippen molar-refractivity contribution in [3.8, 4) is 5.75 Å². The van der Waals surface area contributed by atoms with Gasteiger partial charge in [-0.1, -0.05) is 6.07 Å². The first kappa shape index (κ1) is 19.8. The third-order valence-corrected chi connectivity index (χ3v) is 2.01. The van der Waals surface area contributed by atoms with E-state index in [1.54, 1.807) is 0 Å². The molecule has 0 atom stereocenters. The molecule has 0 aliphatic heterocycles. The molecule has 106 valence electrons. The normalized spacial score (nSPS) is 11.6. The summed E-state index contributed by atoms with van der Waals surface area (Å²) in [4.78, 5) is 11.1. The Morgan fingerprint density at radius 2 is 1.75 bits per heavy atom. The summed E-state index contributed by atoms with van der Waals surface area (Å²) in [6.07, 6.45) is -5.22. The number of hydrogen-bond donors (Lipinski definition) is 0. The number of ether oxygens (including phenoxy) is 2. The van der Waals surface area contributed by atoms with Gasteiger partial charge in [-0.25, -0.2) is 4.79 Å². The molecule has 0 bridgehead atoms. The van der Waals surface area contributed by atoms with Crippen LogP contribution in [0, 0.1) is 0 Å². The van der Waals surface area contributed by atoms with Gasteiger partial charge in [-0.2, -0.15) is 0 Å². The van der Waals surface area contributed by atoms with E-state index in [0.717, 1.165) is 7.11 Å². The number of alkyl halides is 3. The standard InChI is InChI=1S/C9H6BF6O3.K/c1-18-8(17)6-3-2-5(10(14,15)16)4-7(6)19-9(11,12)13;/h2-4H,1H3;/q-1;+1. The smallest absolute Gasteiger partial charge is 0.465 e. The molecule has 3 nitrogen and oxygen atoms in total. The summed E-state index contributed by atoms with van der Waals surface area (Å²) < 4.78 is 81.0. The molecule has 0 fully saturated rings. The Balaban J connectivity index is 0.00000361. The zero-order valence-electron chi connectivity index (χ0n) is 10.3. The molecule has 1 aromatic rings. The van der Waals surface area contributed by atoms with Gasteiger partial charge in [0.2, 0.25) is 0 Å². The minimum absolute atomic E-state index is 0. The maximum absolute atomic E-state index is 12.4. The second-order valence-electron chi connectivity index (χ2n) is 3.37. The second-order valence-corrected chi connectivity index (χ2v) is 3.37. The number of methoxy groups -OCH3 is 1. The van der Waals surface area contributed by atoms with Crippen LogP contribution in [0.3, 0.4) is 0 Å². The third-order valence-electron chi connectivity index (χ3n) is 2.01. The predicted molar refractivity (Wildman–Crippen MR) is 53.2 cm³/mol. The Hall–Kier alpha value is -0.229. The van der Waals surface area contributed by atoms with Gasteiger partial charge in [-0.05, 0) is 12.1 Å². The van der Waals surface area contributed by atoms with Crippen LogP contribution < -0.4 is 61.6 Å². The zero-order chi connectivity index (χ0) is 14.8. The minimum atomic E-state index is -5.51. The van der Waals surface area contributed by atoms with Gasteiger partial charge in [0, 0.05) is 0 Å². The average Bonchev–Trinajstić information content (AvgIpc) is 2.24. The molecule has 0 radical (unpaired) electrons. The van der Waals surface area contributed by atoms with E-state index in [1.165, 1.54) is 0 Å². The molecule has 0 N–H and O–H groups in total. The monoisotopic (exact) mass is 326 g/mol. The number of carbonyl (C=O) groups is 1. The molecule has 1 aromatic carbocycles. The van der Waals surface area contributed by atoms with E-state index < -0.39 is 36.1 Å². The van der Waals surface area contributed by atoms with Crippen LogP contribution in [0.15, 0.2) is 18.2 Å². The van der Waals surface area contributed by atoms with Crippen molar-refractivity contribution in [2.24, 2.45) is 0 Å². The van der Waals surface area contributed by atoms with E-state index in [9.17, 15) is 30.9 Å². The van der Waals surface area contributed by atoms with Gasteiger partial charge in [0.1, 0.15) is 11.3 Å². The summed E-state index contributed by atoms with van der Waals surface area (Å²) in [6.45, 7) is -5.51. The van der Waals surface area contributed by atoms with Crippen molar-refractivity contribution >= 4 is 18.4 Å². The topological polar surface area (TPSA) is 35.5 Å². The predicted octanol–water partition coefficient (Wildman–Crippen LogP) is -0.570. The Bertz CT molecular complexity index is 488. The number of hydrogen-bond acceptors (Lipinski definition) is 3. The zero-order valence-corrected chi connectivity index (χ0v) is 13.4. The molecule has 20 heavy (non-hydrogen) atoms. The fourth-order valence-electron chi connectivity index (χ4n) is 1.23. The first-order valence-electron chi connectivity index (χ1n) is 4.72. The molecule has 0 aromatic heterocycles. The van der Waals surface area contributed by atoms with E-state index >= 15 is 0 Å². The van der Waals surface area contributed by atoms with Gasteiger partial charge in [-0.15, -0.1) is 18.6 Å². The van der Waals surface area contributed by atoms with Crippen LogP contribution in [0.5, 0.6) is 5.75 Å². The van der Waals surface area contributed by atoms with Crippen molar-refractivity contribution < 1.29 is 91.8 Å². The first-order valence-corrected chi connectivity index (χ1v) is 4.72. The summed E-state index contributed by atoms with van der Waals surface area (Å²) in [5, 5.41) is 0.